The molecule has 3 heteroatoms. The molecule has 3 nitrogen and oxygen atoms in total. The number of nitrogens with zero attached hydrogens (tertiary/aromatic N) is 2. The van der Waals surface area contributed by atoms with E-state index in [1.54, 1.807) is 12.4 Å². The van der Waals surface area contributed by atoms with Crippen LogP contribution in [-0.4, -0.2) is 15.9 Å². The molecular weight excluding hydrogens is 212 g/mol. The lowest BCUT2D eigenvalue weighted by Gasteiger charge is -2.13. The molecule has 0 saturated heterocycles. The predicted molar refractivity (Wildman–Crippen MR) is 67.4 cm³/mol. The van der Waals surface area contributed by atoms with Crippen LogP contribution in [0.4, 0.5) is 0 Å². The largest absolute Gasteiger partial charge is 0.411 e. The molecule has 1 aromatic carbocycles. The Morgan fingerprint density at radius 3 is 2.35 bits per heavy atom. The monoisotopic (exact) mass is 226 g/mol. The van der Waals surface area contributed by atoms with E-state index in [0.717, 1.165) is 11.1 Å². The number of hydrogen-bond donors (Lipinski definition) is 1. The van der Waals surface area contributed by atoms with Gasteiger partial charge in [0, 0.05) is 23.9 Å². The molecule has 1 aromatic heterocycles. The number of pyridine rings is 1. The van der Waals surface area contributed by atoms with Gasteiger partial charge in [-0.05, 0) is 17.7 Å². The molecule has 0 aliphatic rings. The Kier molecular flexibility index (Phi) is 3.50. The van der Waals surface area contributed by atoms with Gasteiger partial charge in [0.2, 0.25) is 0 Å². The first-order valence-corrected chi connectivity index (χ1v) is 5.50. The molecular formula is C14H14N2O. The zero-order chi connectivity index (χ0) is 12.1. The molecule has 1 heterocycles. The Labute approximate surface area is 100 Å². The van der Waals surface area contributed by atoms with Gasteiger partial charge in [-0.15, -0.1) is 0 Å². The molecule has 0 bridgehead atoms. The van der Waals surface area contributed by atoms with E-state index in [1.807, 2.05) is 49.4 Å². The van der Waals surface area contributed by atoms with Crippen molar-refractivity contribution in [1.29, 1.82) is 0 Å². The lowest BCUT2D eigenvalue weighted by atomic mass is 9.92. The molecule has 1 atom stereocenters. The SMILES string of the molecule is CC(C(=NO)c1ccncc1)c1ccccc1. The number of benzene rings is 1. The lowest BCUT2D eigenvalue weighted by molar-refractivity contribution is 0.317. The van der Waals surface area contributed by atoms with Crippen LogP contribution in [0.15, 0.2) is 60.0 Å². The molecule has 1 unspecified atom stereocenters. The molecule has 1 N–H and O–H groups in total. The summed E-state index contributed by atoms with van der Waals surface area (Å²) in [5, 5.41) is 12.6. The van der Waals surface area contributed by atoms with Crippen molar-refractivity contribution < 1.29 is 5.21 Å². The lowest BCUT2D eigenvalue weighted by Crippen LogP contribution is -2.11. The van der Waals surface area contributed by atoms with E-state index >= 15 is 0 Å². The number of rotatable bonds is 3. The van der Waals surface area contributed by atoms with Gasteiger partial charge in [0.05, 0.1) is 5.71 Å². The third kappa shape index (κ3) is 2.50. The smallest absolute Gasteiger partial charge is 0.0940 e. The standard InChI is InChI=1S/C14H14N2O/c1-11(12-5-3-2-4-6-12)14(16-17)13-7-9-15-10-8-13/h2-11,17H,1H3. The quantitative estimate of drug-likeness (QED) is 0.496. The molecule has 2 rings (SSSR count). The van der Waals surface area contributed by atoms with Gasteiger partial charge in [0.15, 0.2) is 0 Å². The normalized spacial score (nSPS) is 13.4. The molecule has 0 saturated carbocycles. The van der Waals surface area contributed by atoms with Crippen LogP contribution in [0.25, 0.3) is 0 Å². The Balaban J connectivity index is 2.33. The maximum Gasteiger partial charge on any atom is 0.0940 e. The average molecular weight is 226 g/mol. The fourth-order valence-electron chi connectivity index (χ4n) is 1.82. The van der Waals surface area contributed by atoms with Crippen LogP contribution in [0.2, 0.25) is 0 Å². The Bertz CT molecular complexity index is 494. The summed E-state index contributed by atoms with van der Waals surface area (Å²) in [6.07, 6.45) is 3.39. The average Bonchev–Trinajstić information content (AvgIpc) is 2.42. The summed E-state index contributed by atoms with van der Waals surface area (Å²) in [5.74, 6) is 0.0450. The van der Waals surface area contributed by atoms with Crippen LogP contribution in [0, 0.1) is 0 Å². The van der Waals surface area contributed by atoms with Crippen LogP contribution in [0.5, 0.6) is 0 Å². The number of hydrogen-bond acceptors (Lipinski definition) is 3. The molecule has 0 spiro atoms. The first-order chi connectivity index (χ1) is 8.33. The van der Waals surface area contributed by atoms with Gasteiger partial charge in [-0.25, -0.2) is 0 Å². The molecule has 0 amide bonds. The van der Waals surface area contributed by atoms with Crippen molar-refractivity contribution >= 4 is 5.71 Å². The fourth-order valence-corrected chi connectivity index (χ4v) is 1.82. The van der Waals surface area contributed by atoms with Gasteiger partial charge in [-0.1, -0.05) is 42.4 Å². The summed E-state index contributed by atoms with van der Waals surface area (Å²) in [5.41, 5.74) is 2.66. The van der Waals surface area contributed by atoms with Crippen molar-refractivity contribution in [2.45, 2.75) is 12.8 Å². The van der Waals surface area contributed by atoms with Gasteiger partial charge in [0.1, 0.15) is 0 Å². The molecule has 2 aromatic rings. The van der Waals surface area contributed by atoms with E-state index in [4.69, 9.17) is 0 Å². The summed E-state index contributed by atoms with van der Waals surface area (Å²) in [7, 11) is 0. The summed E-state index contributed by atoms with van der Waals surface area (Å²) >= 11 is 0. The molecule has 0 fully saturated rings. The highest BCUT2D eigenvalue weighted by atomic mass is 16.4. The van der Waals surface area contributed by atoms with E-state index in [0.29, 0.717) is 5.71 Å². The molecule has 0 aliphatic heterocycles. The zero-order valence-corrected chi connectivity index (χ0v) is 9.62. The van der Waals surface area contributed by atoms with E-state index in [2.05, 4.69) is 10.1 Å². The first-order valence-electron chi connectivity index (χ1n) is 5.50. The van der Waals surface area contributed by atoms with Crippen LogP contribution in [0.1, 0.15) is 24.0 Å². The molecule has 86 valence electrons. The van der Waals surface area contributed by atoms with Gasteiger partial charge in [-0.3, -0.25) is 4.98 Å². The summed E-state index contributed by atoms with van der Waals surface area (Å²) < 4.78 is 0. The van der Waals surface area contributed by atoms with Crippen LogP contribution >= 0.6 is 0 Å². The molecule has 0 aliphatic carbocycles. The minimum Gasteiger partial charge on any atom is -0.411 e. The highest BCUT2D eigenvalue weighted by Crippen LogP contribution is 2.20. The topological polar surface area (TPSA) is 45.5 Å². The molecule has 17 heavy (non-hydrogen) atoms. The summed E-state index contributed by atoms with van der Waals surface area (Å²) in [6.45, 7) is 2.02. The minimum atomic E-state index is 0.0450. The van der Waals surface area contributed by atoms with Gasteiger partial charge >= 0.3 is 0 Å². The van der Waals surface area contributed by atoms with Crippen molar-refractivity contribution in [2.75, 3.05) is 0 Å². The summed E-state index contributed by atoms with van der Waals surface area (Å²) in [4.78, 5) is 3.96. The Morgan fingerprint density at radius 2 is 1.76 bits per heavy atom. The maximum absolute atomic E-state index is 9.18. The van der Waals surface area contributed by atoms with E-state index in [1.165, 1.54) is 0 Å². The second-order valence-electron chi connectivity index (χ2n) is 3.85. The van der Waals surface area contributed by atoms with Crippen molar-refractivity contribution in [3.05, 3.63) is 66.0 Å². The third-order valence-corrected chi connectivity index (χ3v) is 2.79. The Hall–Kier alpha value is -2.16. The van der Waals surface area contributed by atoms with Crippen molar-refractivity contribution in [2.24, 2.45) is 5.16 Å². The fraction of sp³-hybridized carbons (Fsp3) is 0.143. The highest BCUT2D eigenvalue weighted by Gasteiger charge is 2.15. The van der Waals surface area contributed by atoms with Crippen LogP contribution < -0.4 is 0 Å². The molecule has 0 radical (unpaired) electrons. The predicted octanol–water partition coefficient (Wildman–Crippen LogP) is 3.06. The van der Waals surface area contributed by atoms with Gasteiger partial charge < -0.3 is 5.21 Å². The van der Waals surface area contributed by atoms with Crippen LogP contribution in [0.3, 0.4) is 0 Å². The second-order valence-corrected chi connectivity index (χ2v) is 3.85. The minimum absolute atomic E-state index is 0.0450. The van der Waals surface area contributed by atoms with Crippen molar-refractivity contribution in [3.63, 3.8) is 0 Å². The van der Waals surface area contributed by atoms with Crippen molar-refractivity contribution in [3.8, 4) is 0 Å². The van der Waals surface area contributed by atoms with E-state index < -0.39 is 0 Å². The van der Waals surface area contributed by atoms with E-state index in [9.17, 15) is 5.21 Å². The zero-order valence-electron chi connectivity index (χ0n) is 9.62. The van der Waals surface area contributed by atoms with Gasteiger partial charge in [0.25, 0.3) is 0 Å². The maximum atomic E-state index is 9.18. The second kappa shape index (κ2) is 5.25. The highest BCUT2D eigenvalue weighted by molar-refractivity contribution is 6.04. The van der Waals surface area contributed by atoms with E-state index in [-0.39, 0.29) is 5.92 Å². The van der Waals surface area contributed by atoms with Gasteiger partial charge in [-0.2, -0.15) is 0 Å². The van der Waals surface area contributed by atoms with Crippen molar-refractivity contribution in [1.82, 2.24) is 4.98 Å². The number of aromatic nitrogens is 1. The van der Waals surface area contributed by atoms with Crippen LogP contribution in [-0.2, 0) is 0 Å². The summed E-state index contributed by atoms with van der Waals surface area (Å²) in [6, 6.07) is 13.7. The first kappa shape index (κ1) is 11.3. The third-order valence-electron chi connectivity index (χ3n) is 2.79. The Morgan fingerprint density at radius 1 is 1.12 bits per heavy atom. The number of oxime groups is 1.